The fourth-order valence-electron chi connectivity index (χ4n) is 2.10. The number of rotatable bonds is 6. The Bertz CT molecular complexity index is 522. The smallest absolute Gasteiger partial charge is 0.125 e. The second-order valence-corrected chi connectivity index (χ2v) is 4.55. The van der Waals surface area contributed by atoms with Crippen molar-refractivity contribution >= 4 is 0 Å². The molecule has 0 saturated heterocycles. The number of aliphatic hydroxyl groups excluding tert-OH is 1. The van der Waals surface area contributed by atoms with Crippen molar-refractivity contribution in [2.24, 2.45) is 7.05 Å². The van der Waals surface area contributed by atoms with E-state index < -0.39 is 6.10 Å². The molecule has 1 atom stereocenters. The molecule has 1 N–H and O–H groups in total. The maximum atomic E-state index is 10.3. The zero-order chi connectivity index (χ0) is 13.7. The van der Waals surface area contributed by atoms with E-state index in [-0.39, 0.29) is 0 Å². The summed E-state index contributed by atoms with van der Waals surface area (Å²) in [4.78, 5) is 0. The van der Waals surface area contributed by atoms with Crippen LogP contribution in [-0.4, -0.2) is 21.5 Å². The Morgan fingerprint density at radius 3 is 2.84 bits per heavy atom. The van der Waals surface area contributed by atoms with E-state index in [0.717, 1.165) is 23.3 Å². The fourth-order valence-corrected chi connectivity index (χ4v) is 2.10. The van der Waals surface area contributed by atoms with Crippen LogP contribution in [0.25, 0.3) is 0 Å². The van der Waals surface area contributed by atoms with Crippen molar-refractivity contribution in [3.05, 3.63) is 47.8 Å². The maximum absolute atomic E-state index is 10.3. The number of aliphatic hydroxyl groups is 1. The lowest BCUT2D eigenvalue weighted by molar-refractivity contribution is 0.162. The van der Waals surface area contributed by atoms with E-state index in [1.54, 1.807) is 4.68 Å². The van der Waals surface area contributed by atoms with Crippen molar-refractivity contribution in [2.45, 2.75) is 25.9 Å². The van der Waals surface area contributed by atoms with E-state index in [1.165, 1.54) is 0 Å². The molecule has 0 radical (unpaired) electrons. The lowest BCUT2D eigenvalue weighted by atomic mass is 10.0. The standard InChI is InChI=1S/C15H20N2O2/c1-3-19-15-7-5-4-6-13(15)14(18)9-8-12-10-16-17(2)11-12/h4-7,10-11,14,18H,3,8-9H2,1-2H3. The highest BCUT2D eigenvalue weighted by Crippen LogP contribution is 2.28. The first-order valence-corrected chi connectivity index (χ1v) is 6.58. The van der Waals surface area contributed by atoms with Crippen LogP contribution in [0.1, 0.15) is 30.6 Å². The molecule has 0 saturated carbocycles. The van der Waals surface area contributed by atoms with Gasteiger partial charge < -0.3 is 9.84 Å². The summed E-state index contributed by atoms with van der Waals surface area (Å²) in [6, 6.07) is 7.65. The van der Waals surface area contributed by atoms with Crippen LogP contribution in [0.3, 0.4) is 0 Å². The van der Waals surface area contributed by atoms with Crippen LogP contribution in [0.5, 0.6) is 5.75 Å². The molecule has 1 aromatic heterocycles. The third-order valence-electron chi connectivity index (χ3n) is 3.04. The van der Waals surface area contributed by atoms with Crippen LogP contribution in [0, 0.1) is 0 Å². The minimum atomic E-state index is -0.511. The Balaban J connectivity index is 2.01. The zero-order valence-electron chi connectivity index (χ0n) is 11.4. The van der Waals surface area contributed by atoms with Gasteiger partial charge in [-0.2, -0.15) is 5.10 Å². The molecule has 0 fully saturated rings. The van der Waals surface area contributed by atoms with Gasteiger partial charge in [0.05, 0.1) is 18.9 Å². The summed E-state index contributed by atoms with van der Waals surface area (Å²) in [7, 11) is 1.89. The van der Waals surface area contributed by atoms with Crippen molar-refractivity contribution < 1.29 is 9.84 Å². The summed E-state index contributed by atoms with van der Waals surface area (Å²) >= 11 is 0. The quantitative estimate of drug-likeness (QED) is 0.868. The van der Waals surface area contributed by atoms with Crippen LogP contribution in [0.15, 0.2) is 36.7 Å². The van der Waals surface area contributed by atoms with Crippen LogP contribution in [0.4, 0.5) is 0 Å². The summed E-state index contributed by atoms with van der Waals surface area (Å²) < 4.78 is 7.31. The average Bonchev–Trinajstić information content (AvgIpc) is 2.83. The van der Waals surface area contributed by atoms with Crippen LogP contribution in [-0.2, 0) is 13.5 Å². The molecule has 0 aliphatic carbocycles. The predicted octanol–water partition coefficient (Wildman–Crippen LogP) is 2.49. The molecule has 4 heteroatoms. The molecule has 0 spiro atoms. The molecule has 0 bridgehead atoms. The van der Waals surface area contributed by atoms with Crippen LogP contribution < -0.4 is 4.74 Å². The lowest BCUT2D eigenvalue weighted by Crippen LogP contribution is -2.03. The van der Waals surface area contributed by atoms with Gasteiger partial charge in [0, 0.05) is 18.8 Å². The van der Waals surface area contributed by atoms with Gasteiger partial charge in [-0.15, -0.1) is 0 Å². The number of aryl methyl sites for hydroxylation is 2. The second-order valence-electron chi connectivity index (χ2n) is 4.55. The van der Waals surface area contributed by atoms with E-state index in [9.17, 15) is 5.11 Å². The van der Waals surface area contributed by atoms with Gasteiger partial charge in [0.1, 0.15) is 5.75 Å². The minimum absolute atomic E-state index is 0.511. The summed E-state index contributed by atoms with van der Waals surface area (Å²) in [5, 5.41) is 14.4. The van der Waals surface area contributed by atoms with E-state index in [2.05, 4.69) is 5.10 Å². The Morgan fingerprint density at radius 2 is 2.16 bits per heavy atom. The topological polar surface area (TPSA) is 47.3 Å². The Hall–Kier alpha value is -1.81. The van der Waals surface area contributed by atoms with Crippen LogP contribution in [0.2, 0.25) is 0 Å². The average molecular weight is 260 g/mol. The van der Waals surface area contributed by atoms with Gasteiger partial charge in [-0.1, -0.05) is 18.2 Å². The van der Waals surface area contributed by atoms with E-state index in [0.29, 0.717) is 13.0 Å². The predicted molar refractivity (Wildman–Crippen MR) is 74.1 cm³/mol. The first-order valence-electron chi connectivity index (χ1n) is 6.58. The Kier molecular flexibility index (Phi) is 4.58. The minimum Gasteiger partial charge on any atom is -0.493 e. The first kappa shape index (κ1) is 13.6. The molecule has 1 aromatic carbocycles. The summed E-state index contributed by atoms with van der Waals surface area (Å²) in [5.41, 5.74) is 1.99. The molecule has 2 rings (SSSR count). The van der Waals surface area contributed by atoms with Crippen molar-refractivity contribution in [3.8, 4) is 5.75 Å². The number of nitrogens with zero attached hydrogens (tertiary/aromatic N) is 2. The van der Waals surface area contributed by atoms with E-state index in [1.807, 2.05) is 50.6 Å². The van der Waals surface area contributed by atoms with E-state index in [4.69, 9.17) is 4.74 Å². The molecular formula is C15H20N2O2. The van der Waals surface area contributed by atoms with Crippen LogP contribution >= 0.6 is 0 Å². The van der Waals surface area contributed by atoms with Crippen molar-refractivity contribution in [3.63, 3.8) is 0 Å². The van der Waals surface area contributed by atoms with Gasteiger partial charge >= 0.3 is 0 Å². The molecular weight excluding hydrogens is 240 g/mol. The summed E-state index contributed by atoms with van der Waals surface area (Å²) in [5.74, 6) is 0.767. The molecule has 1 unspecified atom stereocenters. The summed E-state index contributed by atoms with van der Waals surface area (Å²) in [6.45, 7) is 2.55. The maximum Gasteiger partial charge on any atom is 0.125 e. The fraction of sp³-hybridized carbons (Fsp3) is 0.400. The number of ether oxygens (including phenoxy) is 1. The van der Waals surface area contributed by atoms with Crippen molar-refractivity contribution in [1.29, 1.82) is 0 Å². The highest BCUT2D eigenvalue weighted by Gasteiger charge is 2.13. The molecule has 19 heavy (non-hydrogen) atoms. The number of aromatic nitrogens is 2. The normalized spacial score (nSPS) is 12.4. The largest absolute Gasteiger partial charge is 0.493 e. The molecule has 0 amide bonds. The van der Waals surface area contributed by atoms with Gasteiger partial charge in [-0.3, -0.25) is 4.68 Å². The van der Waals surface area contributed by atoms with Gasteiger partial charge in [0.25, 0.3) is 0 Å². The van der Waals surface area contributed by atoms with Gasteiger partial charge in [0.2, 0.25) is 0 Å². The number of hydrogen-bond donors (Lipinski definition) is 1. The number of benzene rings is 1. The third kappa shape index (κ3) is 3.58. The SMILES string of the molecule is CCOc1ccccc1C(O)CCc1cnn(C)c1. The highest BCUT2D eigenvalue weighted by atomic mass is 16.5. The molecule has 102 valence electrons. The number of hydrogen-bond acceptors (Lipinski definition) is 3. The van der Waals surface area contributed by atoms with Crippen molar-refractivity contribution in [2.75, 3.05) is 6.61 Å². The molecule has 1 heterocycles. The summed E-state index contributed by atoms with van der Waals surface area (Å²) in [6.07, 6.45) is 4.76. The Labute approximate surface area is 113 Å². The third-order valence-corrected chi connectivity index (χ3v) is 3.04. The number of para-hydroxylation sites is 1. The Morgan fingerprint density at radius 1 is 1.37 bits per heavy atom. The van der Waals surface area contributed by atoms with E-state index >= 15 is 0 Å². The highest BCUT2D eigenvalue weighted by molar-refractivity contribution is 5.35. The monoisotopic (exact) mass is 260 g/mol. The van der Waals surface area contributed by atoms with Gasteiger partial charge in [-0.05, 0) is 31.4 Å². The zero-order valence-corrected chi connectivity index (χ0v) is 11.4. The van der Waals surface area contributed by atoms with Gasteiger partial charge in [-0.25, -0.2) is 0 Å². The molecule has 4 nitrogen and oxygen atoms in total. The van der Waals surface area contributed by atoms with Gasteiger partial charge in [0.15, 0.2) is 0 Å². The molecule has 2 aromatic rings. The van der Waals surface area contributed by atoms with Crippen molar-refractivity contribution in [1.82, 2.24) is 9.78 Å². The molecule has 0 aliphatic rings. The molecule has 0 aliphatic heterocycles. The second kappa shape index (κ2) is 6.38. The first-order chi connectivity index (χ1) is 9.20. The lowest BCUT2D eigenvalue weighted by Gasteiger charge is -2.15.